The summed E-state index contributed by atoms with van der Waals surface area (Å²) in [5.41, 5.74) is -1.73. The Labute approximate surface area is 163 Å². The van der Waals surface area contributed by atoms with Gasteiger partial charge in [0.25, 0.3) is 0 Å². The molecule has 0 saturated heterocycles. The zero-order valence-electron chi connectivity index (χ0n) is 16.5. The second kappa shape index (κ2) is 10.6. The van der Waals surface area contributed by atoms with Crippen LogP contribution in [0.5, 0.6) is 0 Å². The van der Waals surface area contributed by atoms with E-state index in [-0.39, 0.29) is 19.6 Å². The smallest absolute Gasteiger partial charge is 0.410 e. The Bertz CT molecular complexity index is 545. The molecule has 0 radical (unpaired) electrons. The molecule has 162 valence electrons. The fraction of sp³-hybridized carbons (Fsp3) is 0.824. The van der Waals surface area contributed by atoms with Gasteiger partial charge in [-0.2, -0.15) is 0 Å². The maximum absolute atomic E-state index is 12.1. The van der Waals surface area contributed by atoms with Gasteiger partial charge in [0.15, 0.2) is 0 Å². The molecular weight excluding hydrogens is 376 g/mol. The quantitative estimate of drug-likeness (QED) is 0.241. The van der Waals surface area contributed by atoms with Gasteiger partial charge in [-0.25, -0.2) is 9.63 Å². The number of nitrogens with one attached hydrogen (secondary N) is 1. The summed E-state index contributed by atoms with van der Waals surface area (Å²) in [6.07, 6.45) is 2.24. The highest BCUT2D eigenvalue weighted by atomic mass is 17.1. The van der Waals surface area contributed by atoms with Gasteiger partial charge in [0.2, 0.25) is 6.29 Å². The largest absolute Gasteiger partial charge is 0.481 e. The Morgan fingerprint density at radius 3 is 2.29 bits per heavy atom. The van der Waals surface area contributed by atoms with Crippen molar-refractivity contribution in [3.63, 3.8) is 0 Å². The molecule has 0 aromatic carbocycles. The van der Waals surface area contributed by atoms with Gasteiger partial charge < -0.3 is 19.9 Å². The zero-order valence-corrected chi connectivity index (χ0v) is 16.5. The van der Waals surface area contributed by atoms with E-state index >= 15 is 0 Å². The fourth-order valence-electron chi connectivity index (χ4n) is 3.10. The van der Waals surface area contributed by atoms with Crippen molar-refractivity contribution in [2.45, 2.75) is 65.6 Å². The molecular formula is C17H30N2O9. The molecule has 1 aliphatic carbocycles. The van der Waals surface area contributed by atoms with Gasteiger partial charge in [-0.15, -0.1) is 0 Å². The Balaban J connectivity index is 2.48. The zero-order chi connectivity index (χ0) is 21.4. The van der Waals surface area contributed by atoms with E-state index in [0.29, 0.717) is 12.8 Å². The fourth-order valence-corrected chi connectivity index (χ4v) is 3.10. The number of esters is 1. The maximum Gasteiger partial charge on any atom is 0.410 e. The number of alkyl carbamates (subject to hydrolysis) is 1. The highest BCUT2D eigenvalue weighted by Gasteiger charge is 2.36. The molecule has 0 heterocycles. The van der Waals surface area contributed by atoms with Crippen LogP contribution in [0, 0.1) is 10.8 Å². The Kier molecular flexibility index (Phi) is 9.08. The molecule has 4 N–H and O–H groups in total. The van der Waals surface area contributed by atoms with Crippen LogP contribution in [0.15, 0.2) is 0 Å². The molecule has 11 nitrogen and oxygen atoms in total. The number of rotatable bonds is 10. The van der Waals surface area contributed by atoms with Crippen LogP contribution in [0.3, 0.4) is 0 Å². The Hall–Kier alpha value is -1.95. The third kappa shape index (κ3) is 8.38. The van der Waals surface area contributed by atoms with Gasteiger partial charge in [0, 0.05) is 13.5 Å². The predicted molar refractivity (Wildman–Crippen MR) is 93.0 cm³/mol. The molecule has 28 heavy (non-hydrogen) atoms. The second-order valence-electron chi connectivity index (χ2n) is 7.77. The SMILES string of the molecule is CC(OC(=O)NCC1(CC(=O)O)CCCCC1)OC(=O)C(C)(C)CON(O)O. The number of aliphatic carboxylic acids is 1. The van der Waals surface area contributed by atoms with E-state index in [1.807, 2.05) is 0 Å². The first-order valence-corrected chi connectivity index (χ1v) is 9.14. The molecule has 1 rings (SSSR count). The monoisotopic (exact) mass is 406 g/mol. The molecule has 1 aliphatic rings. The second-order valence-corrected chi connectivity index (χ2v) is 7.77. The lowest BCUT2D eigenvalue weighted by atomic mass is 9.72. The lowest BCUT2D eigenvalue weighted by molar-refractivity contribution is -0.496. The summed E-state index contributed by atoms with van der Waals surface area (Å²) < 4.78 is 10.0. The average Bonchev–Trinajstić information content (AvgIpc) is 2.58. The molecule has 1 amide bonds. The van der Waals surface area contributed by atoms with Crippen molar-refractivity contribution >= 4 is 18.0 Å². The third-order valence-electron chi connectivity index (χ3n) is 4.69. The molecule has 0 aromatic heterocycles. The highest BCUT2D eigenvalue weighted by molar-refractivity contribution is 5.76. The van der Waals surface area contributed by atoms with Crippen LogP contribution in [0.1, 0.15) is 59.3 Å². The summed E-state index contributed by atoms with van der Waals surface area (Å²) in [7, 11) is 0. The van der Waals surface area contributed by atoms with Crippen LogP contribution >= 0.6 is 0 Å². The number of carbonyl (C=O) groups excluding carboxylic acids is 2. The molecule has 1 atom stereocenters. The predicted octanol–water partition coefficient (Wildman–Crippen LogP) is 2.07. The summed E-state index contributed by atoms with van der Waals surface area (Å²) >= 11 is 0. The van der Waals surface area contributed by atoms with E-state index in [1.54, 1.807) is 0 Å². The average molecular weight is 406 g/mol. The van der Waals surface area contributed by atoms with Gasteiger partial charge >= 0.3 is 18.0 Å². The van der Waals surface area contributed by atoms with Crippen LogP contribution < -0.4 is 5.32 Å². The first kappa shape index (κ1) is 24.1. The number of nitrogens with zero attached hydrogens (tertiary/aromatic N) is 1. The minimum absolute atomic E-state index is 0.0290. The summed E-state index contributed by atoms with van der Waals surface area (Å²) in [6, 6.07) is 0. The molecule has 0 bridgehead atoms. The number of ether oxygens (including phenoxy) is 2. The molecule has 0 aromatic rings. The summed E-state index contributed by atoms with van der Waals surface area (Å²) in [6.45, 7) is 4.04. The van der Waals surface area contributed by atoms with Crippen LogP contribution in [0.25, 0.3) is 0 Å². The van der Waals surface area contributed by atoms with Crippen LogP contribution in [-0.2, 0) is 23.9 Å². The maximum atomic E-state index is 12.1. The minimum atomic E-state index is -1.23. The lowest BCUT2D eigenvalue weighted by Crippen LogP contribution is -2.42. The molecule has 0 spiro atoms. The van der Waals surface area contributed by atoms with Crippen molar-refractivity contribution in [1.29, 1.82) is 0 Å². The molecule has 11 heteroatoms. The van der Waals surface area contributed by atoms with Crippen LogP contribution in [0.4, 0.5) is 4.79 Å². The summed E-state index contributed by atoms with van der Waals surface area (Å²) in [5, 5.41) is 28.3. The number of carbonyl (C=O) groups is 3. The van der Waals surface area contributed by atoms with Gasteiger partial charge in [-0.3, -0.25) is 20.0 Å². The van der Waals surface area contributed by atoms with Crippen molar-refractivity contribution < 1.29 is 44.2 Å². The number of carboxylic acid groups (broad SMARTS) is 1. The molecule has 1 saturated carbocycles. The van der Waals surface area contributed by atoms with Crippen LogP contribution in [-0.4, -0.2) is 58.4 Å². The van der Waals surface area contributed by atoms with E-state index in [4.69, 9.17) is 25.0 Å². The third-order valence-corrected chi connectivity index (χ3v) is 4.69. The van der Waals surface area contributed by atoms with E-state index in [2.05, 4.69) is 10.2 Å². The summed E-state index contributed by atoms with van der Waals surface area (Å²) in [4.78, 5) is 39.7. The van der Waals surface area contributed by atoms with Crippen molar-refractivity contribution in [3.8, 4) is 0 Å². The Morgan fingerprint density at radius 1 is 1.14 bits per heavy atom. The van der Waals surface area contributed by atoms with Crippen molar-refractivity contribution in [2.24, 2.45) is 10.8 Å². The highest BCUT2D eigenvalue weighted by Crippen LogP contribution is 2.38. The lowest BCUT2D eigenvalue weighted by Gasteiger charge is -2.36. The first-order chi connectivity index (χ1) is 13.0. The van der Waals surface area contributed by atoms with Crippen molar-refractivity contribution in [1.82, 2.24) is 10.7 Å². The topological polar surface area (TPSA) is 155 Å². The van der Waals surface area contributed by atoms with E-state index in [1.165, 1.54) is 20.8 Å². The first-order valence-electron chi connectivity index (χ1n) is 9.14. The normalized spacial score (nSPS) is 17.6. The number of hydrogen-bond acceptors (Lipinski definition) is 9. The van der Waals surface area contributed by atoms with Gasteiger partial charge in [-0.05, 0) is 32.1 Å². The minimum Gasteiger partial charge on any atom is -0.481 e. The van der Waals surface area contributed by atoms with E-state index in [9.17, 15) is 14.4 Å². The van der Waals surface area contributed by atoms with E-state index < -0.39 is 40.5 Å². The summed E-state index contributed by atoms with van der Waals surface area (Å²) in [5.74, 6) is -1.68. The standard InChI is InChI=1S/C17H30N2O9/c1-12(27-14(22)16(2,3)11-26-19(24)25)28-15(23)18-10-17(9-13(20)21)7-5-4-6-8-17/h12,24-25H,4-11H2,1-3H3,(H,18,23)(H,20,21). The number of hydrogen-bond donors (Lipinski definition) is 4. The van der Waals surface area contributed by atoms with Crippen molar-refractivity contribution in [2.75, 3.05) is 13.2 Å². The van der Waals surface area contributed by atoms with Gasteiger partial charge in [0.05, 0.1) is 23.8 Å². The van der Waals surface area contributed by atoms with E-state index in [0.717, 1.165) is 19.3 Å². The van der Waals surface area contributed by atoms with Crippen molar-refractivity contribution in [3.05, 3.63) is 0 Å². The Morgan fingerprint density at radius 2 is 1.75 bits per heavy atom. The van der Waals surface area contributed by atoms with Gasteiger partial charge in [-0.1, -0.05) is 19.3 Å². The molecule has 0 aliphatic heterocycles. The van der Waals surface area contributed by atoms with Gasteiger partial charge in [0.1, 0.15) is 0 Å². The molecule has 1 unspecified atom stereocenters. The number of amides is 1. The molecule has 1 fully saturated rings. The number of carboxylic acids is 1. The van der Waals surface area contributed by atoms with Crippen LogP contribution in [0.2, 0.25) is 0 Å².